The molecule has 70 valence electrons. The van der Waals surface area contributed by atoms with Crippen molar-refractivity contribution in [1.29, 1.82) is 0 Å². The molecule has 0 spiro atoms. The van der Waals surface area contributed by atoms with Crippen molar-refractivity contribution in [2.45, 2.75) is 18.8 Å². The van der Waals surface area contributed by atoms with Gasteiger partial charge in [-0.05, 0) is 52.6 Å². The Morgan fingerprint density at radius 2 is 2.38 bits per heavy atom. The molecule has 13 heavy (non-hydrogen) atoms. The van der Waals surface area contributed by atoms with Crippen molar-refractivity contribution < 1.29 is 0 Å². The van der Waals surface area contributed by atoms with Gasteiger partial charge in [-0.2, -0.15) is 0 Å². The molecule has 3 heteroatoms. The van der Waals surface area contributed by atoms with Crippen LogP contribution in [0, 0.1) is 8.80 Å². The summed E-state index contributed by atoms with van der Waals surface area (Å²) in [6.45, 7) is 4.82. The molecule has 2 aliphatic rings. The Balaban J connectivity index is 2.11. The van der Waals surface area contributed by atoms with Gasteiger partial charge in [0.15, 0.2) is 0 Å². The highest BCUT2D eigenvalue weighted by Crippen LogP contribution is 2.51. The van der Waals surface area contributed by atoms with Crippen LogP contribution in [-0.4, -0.2) is 13.1 Å². The molecule has 1 fully saturated rings. The standard InChI is InChI=1S/C10H12INS/c1-5-7-3-12-4-8(7)6-2-9(11)13-10(5)6/h2,5,7-8,12H,3-4H2,1H3. The summed E-state index contributed by atoms with van der Waals surface area (Å²) in [5.41, 5.74) is 1.65. The minimum atomic E-state index is 0.795. The first kappa shape index (κ1) is 8.68. The van der Waals surface area contributed by atoms with Gasteiger partial charge in [-0.25, -0.2) is 0 Å². The SMILES string of the molecule is CC1c2sc(I)cc2C2CNCC12. The van der Waals surface area contributed by atoms with E-state index in [2.05, 4.69) is 40.9 Å². The number of fused-ring (bicyclic) bond motifs is 3. The van der Waals surface area contributed by atoms with Crippen LogP contribution in [0.25, 0.3) is 0 Å². The summed E-state index contributed by atoms with van der Waals surface area (Å²) in [6, 6.07) is 2.40. The molecular weight excluding hydrogens is 293 g/mol. The monoisotopic (exact) mass is 305 g/mol. The van der Waals surface area contributed by atoms with Gasteiger partial charge in [0.05, 0.1) is 2.88 Å². The second kappa shape index (κ2) is 2.94. The predicted molar refractivity (Wildman–Crippen MR) is 64.6 cm³/mol. The molecule has 1 aromatic heterocycles. The highest BCUT2D eigenvalue weighted by atomic mass is 127. The second-order valence-electron chi connectivity index (χ2n) is 4.09. The average molecular weight is 305 g/mol. The van der Waals surface area contributed by atoms with Gasteiger partial charge in [0.2, 0.25) is 0 Å². The van der Waals surface area contributed by atoms with E-state index in [0.717, 1.165) is 17.8 Å². The Morgan fingerprint density at radius 3 is 3.23 bits per heavy atom. The normalized spacial score (nSPS) is 36.3. The first-order chi connectivity index (χ1) is 6.27. The van der Waals surface area contributed by atoms with Gasteiger partial charge >= 0.3 is 0 Å². The summed E-state index contributed by atoms with van der Waals surface area (Å²) >= 11 is 4.45. The van der Waals surface area contributed by atoms with Gasteiger partial charge < -0.3 is 5.32 Å². The lowest BCUT2D eigenvalue weighted by molar-refractivity contribution is 0.489. The fourth-order valence-corrected chi connectivity index (χ4v) is 4.92. The van der Waals surface area contributed by atoms with E-state index < -0.39 is 0 Å². The minimum Gasteiger partial charge on any atom is -0.316 e. The lowest BCUT2D eigenvalue weighted by atomic mass is 9.92. The third-order valence-corrected chi connectivity index (χ3v) is 5.59. The summed E-state index contributed by atoms with van der Waals surface area (Å²) < 4.78 is 1.46. The summed E-state index contributed by atoms with van der Waals surface area (Å²) in [5.74, 6) is 2.51. The van der Waals surface area contributed by atoms with E-state index in [-0.39, 0.29) is 0 Å². The van der Waals surface area contributed by atoms with E-state index in [1.807, 2.05) is 11.3 Å². The van der Waals surface area contributed by atoms with Crippen molar-refractivity contribution >= 4 is 33.9 Å². The van der Waals surface area contributed by atoms with Crippen LogP contribution in [0.15, 0.2) is 6.07 Å². The second-order valence-corrected chi connectivity index (χ2v) is 7.07. The summed E-state index contributed by atoms with van der Waals surface area (Å²) in [6.07, 6.45) is 0. The molecule has 0 radical (unpaired) electrons. The fraction of sp³-hybridized carbons (Fsp3) is 0.600. The molecule has 0 aromatic carbocycles. The zero-order valence-electron chi connectivity index (χ0n) is 7.51. The zero-order chi connectivity index (χ0) is 9.00. The smallest absolute Gasteiger partial charge is 0.0659 e. The van der Waals surface area contributed by atoms with Crippen molar-refractivity contribution in [3.05, 3.63) is 19.4 Å². The first-order valence-corrected chi connectivity index (χ1v) is 6.66. The van der Waals surface area contributed by atoms with Crippen LogP contribution >= 0.6 is 33.9 Å². The number of hydrogen-bond acceptors (Lipinski definition) is 2. The van der Waals surface area contributed by atoms with Gasteiger partial charge in [0, 0.05) is 17.3 Å². The van der Waals surface area contributed by atoms with E-state index in [0.29, 0.717) is 0 Å². The van der Waals surface area contributed by atoms with E-state index in [1.165, 1.54) is 16.0 Å². The summed E-state index contributed by atoms with van der Waals surface area (Å²) in [5, 5.41) is 3.51. The fourth-order valence-electron chi connectivity index (χ4n) is 2.79. The first-order valence-electron chi connectivity index (χ1n) is 4.77. The van der Waals surface area contributed by atoms with Gasteiger partial charge in [-0.1, -0.05) is 6.92 Å². The molecule has 1 aliphatic carbocycles. The van der Waals surface area contributed by atoms with E-state index >= 15 is 0 Å². The number of rotatable bonds is 0. The largest absolute Gasteiger partial charge is 0.316 e. The molecule has 3 rings (SSSR count). The maximum absolute atomic E-state index is 3.51. The van der Waals surface area contributed by atoms with Gasteiger partial charge in [-0.15, -0.1) is 11.3 Å². The maximum atomic E-state index is 3.51. The highest BCUT2D eigenvalue weighted by Gasteiger charge is 2.42. The third-order valence-electron chi connectivity index (χ3n) is 3.48. The Kier molecular flexibility index (Phi) is 1.96. The highest BCUT2D eigenvalue weighted by molar-refractivity contribution is 14.1. The molecule has 1 aromatic rings. The average Bonchev–Trinajstić information content (AvgIpc) is 2.70. The molecule has 0 amide bonds. The Morgan fingerprint density at radius 1 is 1.54 bits per heavy atom. The molecule has 1 saturated heterocycles. The van der Waals surface area contributed by atoms with Crippen LogP contribution in [0.3, 0.4) is 0 Å². The van der Waals surface area contributed by atoms with E-state index in [4.69, 9.17) is 0 Å². The molecule has 0 bridgehead atoms. The van der Waals surface area contributed by atoms with E-state index in [1.54, 1.807) is 10.4 Å². The predicted octanol–water partition coefficient (Wildman–Crippen LogP) is 2.77. The molecule has 2 heterocycles. The van der Waals surface area contributed by atoms with Crippen molar-refractivity contribution in [3.63, 3.8) is 0 Å². The van der Waals surface area contributed by atoms with E-state index in [9.17, 15) is 0 Å². The quantitative estimate of drug-likeness (QED) is 0.727. The van der Waals surface area contributed by atoms with Crippen LogP contribution in [0.4, 0.5) is 0 Å². The molecule has 1 aliphatic heterocycles. The summed E-state index contributed by atoms with van der Waals surface area (Å²) in [4.78, 5) is 1.67. The molecule has 3 unspecified atom stereocenters. The maximum Gasteiger partial charge on any atom is 0.0659 e. The van der Waals surface area contributed by atoms with Gasteiger partial charge in [-0.3, -0.25) is 0 Å². The molecule has 1 N–H and O–H groups in total. The molecule has 0 saturated carbocycles. The Labute approximate surface area is 96.1 Å². The number of hydrogen-bond donors (Lipinski definition) is 1. The Bertz CT molecular complexity index is 347. The van der Waals surface area contributed by atoms with Crippen molar-refractivity contribution in [2.24, 2.45) is 5.92 Å². The molecule has 1 nitrogen and oxygen atoms in total. The lowest BCUT2D eigenvalue weighted by Gasteiger charge is -2.12. The Hall–Kier alpha value is 0.390. The van der Waals surface area contributed by atoms with Crippen molar-refractivity contribution in [2.75, 3.05) is 13.1 Å². The summed E-state index contributed by atoms with van der Waals surface area (Å²) in [7, 11) is 0. The van der Waals surface area contributed by atoms with Crippen molar-refractivity contribution in [3.8, 4) is 0 Å². The van der Waals surface area contributed by atoms with Crippen LogP contribution in [0.5, 0.6) is 0 Å². The number of nitrogens with one attached hydrogen (secondary N) is 1. The minimum absolute atomic E-state index is 0.795. The molecular formula is C10H12INS. The van der Waals surface area contributed by atoms with Gasteiger partial charge in [0.1, 0.15) is 0 Å². The number of thiophene rings is 1. The van der Waals surface area contributed by atoms with Crippen LogP contribution < -0.4 is 5.32 Å². The topological polar surface area (TPSA) is 12.0 Å². The van der Waals surface area contributed by atoms with Crippen LogP contribution in [0.2, 0.25) is 0 Å². The van der Waals surface area contributed by atoms with Gasteiger partial charge in [0.25, 0.3) is 0 Å². The van der Waals surface area contributed by atoms with Crippen molar-refractivity contribution in [1.82, 2.24) is 5.32 Å². The lowest BCUT2D eigenvalue weighted by Crippen LogP contribution is -2.12. The zero-order valence-corrected chi connectivity index (χ0v) is 10.5. The number of halogens is 1. The third kappa shape index (κ3) is 1.13. The van der Waals surface area contributed by atoms with Crippen LogP contribution in [0.1, 0.15) is 29.2 Å². The molecule has 3 atom stereocenters. The van der Waals surface area contributed by atoms with Crippen LogP contribution in [-0.2, 0) is 0 Å².